The van der Waals surface area contributed by atoms with E-state index in [0.717, 1.165) is 21.0 Å². The number of thiazole rings is 2. The highest BCUT2D eigenvalue weighted by Gasteiger charge is 2.50. The second-order valence-electron chi connectivity index (χ2n) is 6.35. The third-order valence-corrected chi connectivity index (χ3v) is 6.14. The molecule has 0 radical (unpaired) electrons. The summed E-state index contributed by atoms with van der Waals surface area (Å²) in [5.74, 6) is -0.152. The third kappa shape index (κ3) is 3.04. The number of amides is 1. The summed E-state index contributed by atoms with van der Waals surface area (Å²) in [5, 5.41) is 4.87. The zero-order valence-corrected chi connectivity index (χ0v) is 16.4. The lowest BCUT2D eigenvalue weighted by Gasteiger charge is -2.46. The van der Waals surface area contributed by atoms with E-state index in [9.17, 15) is 14.4 Å². The Morgan fingerprint density at radius 1 is 1.19 bits per heavy atom. The van der Waals surface area contributed by atoms with Crippen LogP contribution < -0.4 is 11.2 Å². The maximum atomic E-state index is 12.9. The molecule has 140 valence electrons. The standard InChI is InChI=1S/C17H17N5O3S2/c1-10-19-11(7-27-10)3-5-21-14(12-8-26-9-18-12)15(16(21)24)22-6-4-13(23)20(2)17(22)25/h4,6-9,14-15H,3,5H2,1-2H3/t14-,15-/m1/s1. The fourth-order valence-corrected chi connectivity index (χ4v) is 4.53. The number of aryl methyl sites for hydroxylation is 1. The highest BCUT2D eigenvalue weighted by atomic mass is 32.1. The summed E-state index contributed by atoms with van der Waals surface area (Å²) < 4.78 is 2.34. The van der Waals surface area contributed by atoms with E-state index in [2.05, 4.69) is 9.97 Å². The molecule has 1 aliphatic heterocycles. The van der Waals surface area contributed by atoms with Gasteiger partial charge in [-0.1, -0.05) is 0 Å². The first kappa shape index (κ1) is 17.8. The van der Waals surface area contributed by atoms with Crippen molar-refractivity contribution in [1.82, 2.24) is 24.0 Å². The maximum Gasteiger partial charge on any atom is 0.331 e. The molecule has 1 amide bonds. The van der Waals surface area contributed by atoms with Crippen LogP contribution in [-0.2, 0) is 18.3 Å². The lowest BCUT2D eigenvalue weighted by molar-refractivity contribution is -0.155. The molecule has 1 aliphatic rings. The Bertz CT molecular complexity index is 1100. The summed E-state index contributed by atoms with van der Waals surface area (Å²) in [6, 6.07) is 0.273. The second-order valence-corrected chi connectivity index (χ2v) is 8.13. The smallest absolute Gasteiger partial charge is 0.329 e. The summed E-state index contributed by atoms with van der Waals surface area (Å²) in [6.45, 7) is 2.45. The molecular formula is C17H17N5O3S2. The van der Waals surface area contributed by atoms with Crippen molar-refractivity contribution in [2.24, 2.45) is 7.05 Å². The predicted molar refractivity (Wildman–Crippen MR) is 102 cm³/mol. The number of carbonyl (C=O) groups is 1. The van der Waals surface area contributed by atoms with Gasteiger partial charge in [-0.2, -0.15) is 0 Å². The van der Waals surface area contributed by atoms with Crippen LogP contribution in [0.1, 0.15) is 28.5 Å². The number of likely N-dealkylation sites (tertiary alicyclic amines) is 1. The van der Waals surface area contributed by atoms with E-state index in [1.807, 2.05) is 17.7 Å². The van der Waals surface area contributed by atoms with Gasteiger partial charge in [0.1, 0.15) is 12.1 Å². The molecule has 4 rings (SSSR count). The summed E-state index contributed by atoms with van der Waals surface area (Å²) in [5.41, 5.74) is 2.51. The van der Waals surface area contributed by atoms with Gasteiger partial charge in [0.2, 0.25) is 5.91 Å². The highest BCUT2D eigenvalue weighted by molar-refractivity contribution is 7.09. The number of aromatic nitrogens is 4. The van der Waals surface area contributed by atoms with Gasteiger partial charge >= 0.3 is 5.69 Å². The molecule has 0 aromatic carbocycles. The molecule has 3 aromatic rings. The van der Waals surface area contributed by atoms with E-state index in [1.54, 1.807) is 21.7 Å². The monoisotopic (exact) mass is 403 g/mol. The summed E-state index contributed by atoms with van der Waals surface area (Å²) >= 11 is 3.02. The van der Waals surface area contributed by atoms with Crippen molar-refractivity contribution in [1.29, 1.82) is 0 Å². The summed E-state index contributed by atoms with van der Waals surface area (Å²) in [4.78, 5) is 47.6. The Morgan fingerprint density at radius 3 is 2.67 bits per heavy atom. The van der Waals surface area contributed by atoms with E-state index >= 15 is 0 Å². The molecule has 2 atom stereocenters. The quantitative estimate of drug-likeness (QED) is 0.596. The van der Waals surface area contributed by atoms with Crippen molar-refractivity contribution in [2.75, 3.05) is 6.54 Å². The van der Waals surface area contributed by atoms with Crippen LogP contribution in [0.5, 0.6) is 0 Å². The molecule has 3 aromatic heterocycles. The van der Waals surface area contributed by atoms with Gasteiger partial charge in [0.05, 0.1) is 21.9 Å². The topological polar surface area (TPSA) is 90.1 Å². The lowest BCUT2D eigenvalue weighted by Crippen LogP contribution is -2.59. The van der Waals surface area contributed by atoms with Crippen molar-refractivity contribution in [3.63, 3.8) is 0 Å². The molecule has 10 heteroatoms. The molecule has 0 N–H and O–H groups in total. The molecule has 0 unspecified atom stereocenters. The van der Waals surface area contributed by atoms with Crippen LogP contribution in [0.3, 0.4) is 0 Å². The van der Waals surface area contributed by atoms with E-state index in [-0.39, 0.29) is 11.9 Å². The fraction of sp³-hybridized carbons (Fsp3) is 0.353. The van der Waals surface area contributed by atoms with Gasteiger partial charge in [-0.25, -0.2) is 14.8 Å². The van der Waals surface area contributed by atoms with Gasteiger partial charge in [0.25, 0.3) is 5.56 Å². The largest absolute Gasteiger partial charge is 0.331 e. The Kier molecular flexibility index (Phi) is 4.52. The van der Waals surface area contributed by atoms with Gasteiger partial charge in [0, 0.05) is 43.0 Å². The Balaban J connectivity index is 1.65. The van der Waals surface area contributed by atoms with Crippen LogP contribution in [0.4, 0.5) is 0 Å². The average molecular weight is 403 g/mol. The second kappa shape index (κ2) is 6.86. The number of rotatable bonds is 5. The molecule has 0 saturated carbocycles. The number of hydrogen-bond donors (Lipinski definition) is 0. The molecule has 0 bridgehead atoms. The van der Waals surface area contributed by atoms with Gasteiger partial charge < -0.3 is 4.90 Å². The predicted octanol–water partition coefficient (Wildman–Crippen LogP) is 1.14. The van der Waals surface area contributed by atoms with Crippen molar-refractivity contribution in [3.05, 3.63) is 65.8 Å². The van der Waals surface area contributed by atoms with Crippen molar-refractivity contribution in [2.45, 2.75) is 25.4 Å². The van der Waals surface area contributed by atoms with Crippen molar-refractivity contribution >= 4 is 28.6 Å². The normalized spacial score (nSPS) is 19.3. The van der Waals surface area contributed by atoms with E-state index < -0.39 is 17.3 Å². The average Bonchev–Trinajstić information content (AvgIpc) is 3.31. The fourth-order valence-electron chi connectivity index (χ4n) is 3.30. The number of β-lactam (4-membered cyclic amide) rings is 1. The van der Waals surface area contributed by atoms with Crippen LogP contribution in [0, 0.1) is 6.92 Å². The van der Waals surface area contributed by atoms with E-state index in [1.165, 1.54) is 35.2 Å². The van der Waals surface area contributed by atoms with E-state index in [0.29, 0.717) is 13.0 Å². The van der Waals surface area contributed by atoms with Gasteiger partial charge in [-0.05, 0) is 6.92 Å². The molecule has 1 fully saturated rings. The first-order valence-electron chi connectivity index (χ1n) is 8.35. The zero-order valence-electron chi connectivity index (χ0n) is 14.7. The minimum atomic E-state index is -0.691. The summed E-state index contributed by atoms with van der Waals surface area (Å²) in [7, 11) is 1.41. The van der Waals surface area contributed by atoms with Crippen LogP contribution in [0.25, 0.3) is 0 Å². The number of hydrogen-bond acceptors (Lipinski definition) is 7. The number of carbonyl (C=O) groups excluding carboxylic acids is 1. The molecule has 8 nitrogen and oxygen atoms in total. The van der Waals surface area contributed by atoms with Crippen molar-refractivity contribution in [3.8, 4) is 0 Å². The Morgan fingerprint density at radius 2 is 2.00 bits per heavy atom. The molecule has 0 spiro atoms. The van der Waals surface area contributed by atoms with E-state index in [4.69, 9.17) is 0 Å². The van der Waals surface area contributed by atoms with Crippen LogP contribution in [0.15, 0.2) is 38.1 Å². The molecular weight excluding hydrogens is 386 g/mol. The van der Waals surface area contributed by atoms with Crippen molar-refractivity contribution < 1.29 is 4.79 Å². The van der Waals surface area contributed by atoms with Crippen LogP contribution in [-0.4, -0.2) is 36.5 Å². The summed E-state index contributed by atoms with van der Waals surface area (Å²) in [6.07, 6.45) is 2.04. The number of nitrogens with zero attached hydrogens (tertiary/aromatic N) is 5. The van der Waals surface area contributed by atoms with Gasteiger partial charge in [-0.15, -0.1) is 22.7 Å². The van der Waals surface area contributed by atoms with Crippen LogP contribution in [0.2, 0.25) is 0 Å². The Hall–Kier alpha value is -2.59. The lowest BCUT2D eigenvalue weighted by atomic mass is 9.91. The van der Waals surface area contributed by atoms with Crippen LogP contribution >= 0.6 is 22.7 Å². The zero-order chi connectivity index (χ0) is 19.1. The Labute approximate surface area is 162 Å². The van der Waals surface area contributed by atoms with Gasteiger partial charge in [-0.3, -0.25) is 18.7 Å². The molecule has 0 aliphatic carbocycles. The minimum Gasteiger partial charge on any atom is -0.329 e. The third-order valence-electron chi connectivity index (χ3n) is 4.72. The molecule has 4 heterocycles. The highest BCUT2D eigenvalue weighted by Crippen LogP contribution is 2.42. The minimum absolute atomic E-state index is 0.152. The van der Waals surface area contributed by atoms with Gasteiger partial charge in [0.15, 0.2) is 0 Å². The SMILES string of the molecule is Cc1nc(CCN2C(=O)[C@H](n3ccc(=O)n(C)c3=O)[C@H]2c2cscn2)cs1. The molecule has 27 heavy (non-hydrogen) atoms. The maximum absolute atomic E-state index is 12.9. The molecule has 1 saturated heterocycles. The first-order chi connectivity index (χ1) is 13.0. The first-order valence-corrected chi connectivity index (χ1v) is 10.2.